The van der Waals surface area contributed by atoms with Crippen molar-refractivity contribution >= 4 is 5.91 Å². The summed E-state index contributed by atoms with van der Waals surface area (Å²) in [5.41, 5.74) is 11.1. The van der Waals surface area contributed by atoms with Crippen molar-refractivity contribution in [2.75, 3.05) is 6.54 Å². The fraction of sp³-hybridized carbons (Fsp3) is 0.120. The maximum atomic E-state index is 13.1. The largest absolute Gasteiger partial charge is 0.348 e. The van der Waals surface area contributed by atoms with Gasteiger partial charge in [-0.25, -0.2) is 0 Å². The number of nitrogens with zero attached hydrogens (tertiary/aromatic N) is 1. The zero-order valence-electron chi connectivity index (χ0n) is 16.6. The van der Waals surface area contributed by atoms with Crippen LogP contribution in [0.5, 0.6) is 0 Å². The summed E-state index contributed by atoms with van der Waals surface area (Å²) in [6, 6.07) is 29.3. The van der Waals surface area contributed by atoms with Crippen LogP contribution < -0.4 is 11.1 Å². The van der Waals surface area contributed by atoms with Gasteiger partial charge in [0.15, 0.2) is 0 Å². The average Bonchev–Trinajstić information content (AvgIpc) is 3.30. The lowest BCUT2D eigenvalue weighted by molar-refractivity contribution is 0.0938. The Balaban J connectivity index is 1.56. The second-order valence-electron chi connectivity index (χ2n) is 7.17. The van der Waals surface area contributed by atoms with Crippen LogP contribution in [0.25, 0.3) is 22.5 Å². The van der Waals surface area contributed by atoms with E-state index in [1.807, 2.05) is 91.0 Å². The van der Waals surface area contributed by atoms with E-state index in [4.69, 9.17) is 5.73 Å². The van der Waals surface area contributed by atoms with E-state index < -0.39 is 0 Å². The maximum absolute atomic E-state index is 13.1. The summed E-state index contributed by atoms with van der Waals surface area (Å²) in [6.07, 6.45) is 0.688. The molecule has 5 nitrogen and oxygen atoms in total. The van der Waals surface area contributed by atoms with Crippen LogP contribution in [0.3, 0.4) is 0 Å². The molecule has 0 aliphatic heterocycles. The summed E-state index contributed by atoms with van der Waals surface area (Å²) in [6.45, 7) is 0.366. The molecule has 0 unspecified atom stereocenters. The molecule has 30 heavy (non-hydrogen) atoms. The Morgan fingerprint density at radius 2 is 1.60 bits per heavy atom. The summed E-state index contributed by atoms with van der Waals surface area (Å²) in [5, 5.41) is 10.6. The van der Waals surface area contributed by atoms with E-state index in [0.717, 1.165) is 28.1 Å². The van der Waals surface area contributed by atoms with E-state index in [2.05, 4.69) is 15.5 Å². The van der Waals surface area contributed by atoms with Crippen molar-refractivity contribution in [3.63, 3.8) is 0 Å². The zero-order valence-corrected chi connectivity index (χ0v) is 16.6. The summed E-state index contributed by atoms with van der Waals surface area (Å²) < 4.78 is 0. The van der Waals surface area contributed by atoms with Crippen LogP contribution in [-0.4, -0.2) is 28.7 Å². The molecule has 0 bridgehead atoms. The molecule has 150 valence electrons. The Morgan fingerprint density at radius 1 is 0.933 bits per heavy atom. The lowest BCUT2D eigenvalue weighted by Gasteiger charge is -2.18. The average molecular weight is 396 g/mol. The van der Waals surface area contributed by atoms with Gasteiger partial charge in [-0.2, -0.15) is 5.10 Å². The number of carbonyl (C=O) groups is 1. The number of amides is 1. The minimum atomic E-state index is -0.146. The molecule has 5 heteroatoms. The minimum Gasteiger partial charge on any atom is -0.348 e. The number of hydrogen-bond acceptors (Lipinski definition) is 3. The van der Waals surface area contributed by atoms with Gasteiger partial charge in [0.25, 0.3) is 5.91 Å². The van der Waals surface area contributed by atoms with Crippen LogP contribution in [0.2, 0.25) is 0 Å². The minimum absolute atomic E-state index is 0.144. The van der Waals surface area contributed by atoms with Crippen molar-refractivity contribution in [3.05, 3.63) is 102 Å². The molecular weight excluding hydrogens is 372 g/mol. The van der Waals surface area contributed by atoms with Gasteiger partial charge in [-0.15, -0.1) is 0 Å². The van der Waals surface area contributed by atoms with Crippen molar-refractivity contribution in [2.24, 2.45) is 5.73 Å². The summed E-state index contributed by atoms with van der Waals surface area (Å²) >= 11 is 0. The van der Waals surface area contributed by atoms with Gasteiger partial charge in [0, 0.05) is 29.3 Å². The lowest BCUT2D eigenvalue weighted by Crippen LogP contribution is -2.41. The monoisotopic (exact) mass is 396 g/mol. The molecule has 0 fully saturated rings. The quantitative estimate of drug-likeness (QED) is 0.441. The Morgan fingerprint density at radius 3 is 2.33 bits per heavy atom. The van der Waals surface area contributed by atoms with Crippen LogP contribution in [0.4, 0.5) is 0 Å². The van der Waals surface area contributed by atoms with Gasteiger partial charge >= 0.3 is 0 Å². The van der Waals surface area contributed by atoms with E-state index in [1.54, 1.807) is 0 Å². The van der Waals surface area contributed by atoms with Crippen LogP contribution >= 0.6 is 0 Å². The standard InChI is InChI=1S/C25H24N4O/c26-17-20(15-18-9-3-1-4-10-18)27-25(30)22-14-8-7-13-21(22)24-16-23(28-29-24)19-11-5-2-6-12-19/h1-14,16,20H,15,17,26H2,(H,27,30)(H,28,29)/t20-/m0/s1. The highest BCUT2D eigenvalue weighted by Crippen LogP contribution is 2.26. The van der Waals surface area contributed by atoms with E-state index >= 15 is 0 Å². The first-order chi connectivity index (χ1) is 14.7. The number of nitrogens with two attached hydrogens (primary N) is 1. The van der Waals surface area contributed by atoms with Gasteiger partial charge in [-0.05, 0) is 24.1 Å². The Labute approximate surface area is 176 Å². The second-order valence-corrected chi connectivity index (χ2v) is 7.17. The van der Waals surface area contributed by atoms with Gasteiger partial charge in [0.05, 0.1) is 11.4 Å². The van der Waals surface area contributed by atoms with Crippen LogP contribution in [0.15, 0.2) is 91.0 Å². The van der Waals surface area contributed by atoms with Gasteiger partial charge in [-0.3, -0.25) is 9.89 Å². The fourth-order valence-corrected chi connectivity index (χ4v) is 3.49. The Kier molecular flexibility index (Phi) is 6.01. The molecule has 3 aromatic carbocycles. The predicted octanol–water partition coefficient (Wildman–Crippen LogP) is 4.04. The maximum Gasteiger partial charge on any atom is 0.252 e. The highest BCUT2D eigenvalue weighted by Gasteiger charge is 2.18. The Bertz CT molecular complexity index is 1110. The van der Waals surface area contributed by atoms with Crippen molar-refractivity contribution in [2.45, 2.75) is 12.5 Å². The summed E-state index contributed by atoms with van der Waals surface area (Å²) in [7, 11) is 0. The second kappa shape index (κ2) is 9.20. The Hall–Kier alpha value is -3.70. The van der Waals surface area contributed by atoms with E-state index in [0.29, 0.717) is 18.5 Å². The number of aromatic nitrogens is 2. The van der Waals surface area contributed by atoms with E-state index in [-0.39, 0.29) is 11.9 Å². The molecule has 1 amide bonds. The van der Waals surface area contributed by atoms with E-state index in [9.17, 15) is 4.79 Å². The molecule has 0 saturated carbocycles. The third-order valence-corrected chi connectivity index (χ3v) is 5.05. The van der Waals surface area contributed by atoms with Gasteiger partial charge in [0.2, 0.25) is 0 Å². The molecule has 0 spiro atoms. The van der Waals surface area contributed by atoms with E-state index in [1.165, 1.54) is 0 Å². The first-order valence-electron chi connectivity index (χ1n) is 9.99. The normalized spacial score (nSPS) is 11.8. The SMILES string of the molecule is NC[C@H](Cc1ccccc1)NC(=O)c1ccccc1-c1cc(-c2ccccc2)n[nH]1. The number of rotatable bonds is 7. The molecule has 0 aliphatic rings. The molecule has 4 N–H and O–H groups in total. The third-order valence-electron chi connectivity index (χ3n) is 5.05. The van der Waals surface area contributed by atoms with Crippen LogP contribution in [0.1, 0.15) is 15.9 Å². The molecule has 4 rings (SSSR count). The van der Waals surface area contributed by atoms with Crippen molar-refractivity contribution < 1.29 is 4.79 Å². The smallest absolute Gasteiger partial charge is 0.252 e. The predicted molar refractivity (Wildman–Crippen MR) is 120 cm³/mol. The fourth-order valence-electron chi connectivity index (χ4n) is 3.49. The number of nitrogens with one attached hydrogen (secondary N) is 2. The number of H-pyrrole nitrogens is 1. The van der Waals surface area contributed by atoms with Crippen molar-refractivity contribution in [1.29, 1.82) is 0 Å². The van der Waals surface area contributed by atoms with Crippen LogP contribution in [-0.2, 0) is 6.42 Å². The molecule has 0 radical (unpaired) electrons. The highest BCUT2D eigenvalue weighted by molar-refractivity contribution is 6.00. The number of hydrogen-bond donors (Lipinski definition) is 3. The number of benzene rings is 3. The molecule has 1 atom stereocenters. The summed E-state index contributed by atoms with van der Waals surface area (Å²) in [5.74, 6) is -0.146. The topological polar surface area (TPSA) is 83.8 Å². The number of carbonyl (C=O) groups excluding carboxylic acids is 1. The molecule has 0 aliphatic carbocycles. The zero-order chi connectivity index (χ0) is 20.8. The van der Waals surface area contributed by atoms with Crippen molar-refractivity contribution in [1.82, 2.24) is 15.5 Å². The van der Waals surface area contributed by atoms with Crippen molar-refractivity contribution in [3.8, 4) is 22.5 Å². The first kappa shape index (κ1) is 19.6. The molecule has 1 heterocycles. The molecule has 1 aromatic heterocycles. The molecule has 4 aromatic rings. The first-order valence-corrected chi connectivity index (χ1v) is 9.99. The third kappa shape index (κ3) is 4.47. The van der Waals surface area contributed by atoms with Gasteiger partial charge in [-0.1, -0.05) is 78.9 Å². The van der Waals surface area contributed by atoms with Crippen LogP contribution in [0, 0.1) is 0 Å². The summed E-state index contributed by atoms with van der Waals surface area (Å²) in [4.78, 5) is 13.1. The van der Waals surface area contributed by atoms with Gasteiger partial charge in [0.1, 0.15) is 0 Å². The highest BCUT2D eigenvalue weighted by atomic mass is 16.1. The lowest BCUT2D eigenvalue weighted by atomic mass is 10.0. The molecule has 0 saturated heterocycles. The molecular formula is C25H24N4O. The number of aromatic amines is 1. The van der Waals surface area contributed by atoms with Gasteiger partial charge < -0.3 is 11.1 Å².